The van der Waals surface area contributed by atoms with Gasteiger partial charge >= 0.3 is 0 Å². The molecule has 21 heavy (non-hydrogen) atoms. The molecule has 0 atom stereocenters. The second-order valence-electron chi connectivity index (χ2n) is 5.86. The minimum absolute atomic E-state index is 0.468. The highest BCUT2D eigenvalue weighted by molar-refractivity contribution is 5.36. The van der Waals surface area contributed by atoms with Crippen molar-refractivity contribution >= 4 is 0 Å². The summed E-state index contributed by atoms with van der Waals surface area (Å²) in [5.74, 6) is 1.48. The highest BCUT2D eigenvalue weighted by atomic mass is 16.5. The average Bonchev–Trinajstić information content (AvgIpc) is 2.36. The second kappa shape index (κ2) is 6.72. The van der Waals surface area contributed by atoms with Crippen LogP contribution in [0, 0.1) is 20.8 Å². The molecule has 1 aromatic carbocycles. The molecular formula is C18H24N2O. The van der Waals surface area contributed by atoms with Crippen LogP contribution in [0.2, 0.25) is 0 Å². The highest BCUT2D eigenvalue weighted by Crippen LogP contribution is 2.23. The topological polar surface area (TPSA) is 34.1 Å². The van der Waals surface area contributed by atoms with Gasteiger partial charge in [-0.3, -0.25) is 0 Å². The van der Waals surface area contributed by atoms with Crippen molar-refractivity contribution in [2.24, 2.45) is 0 Å². The van der Waals surface area contributed by atoms with Crippen LogP contribution in [-0.2, 0) is 6.54 Å². The molecule has 0 saturated heterocycles. The maximum Gasteiger partial charge on any atom is 0.219 e. The Labute approximate surface area is 127 Å². The van der Waals surface area contributed by atoms with Gasteiger partial charge in [0, 0.05) is 24.3 Å². The maximum atomic E-state index is 5.87. The molecule has 3 nitrogen and oxygen atoms in total. The fourth-order valence-corrected chi connectivity index (χ4v) is 2.24. The largest absolute Gasteiger partial charge is 0.439 e. The first-order valence-corrected chi connectivity index (χ1v) is 7.40. The van der Waals surface area contributed by atoms with Gasteiger partial charge in [0.2, 0.25) is 5.88 Å². The van der Waals surface area contributed by atoms with E-state index in [0.717, 1.165) is 18.0 Å². The van der Waals surface area contributed by atoms with Crippen LogP contribution in [0.4, 0.5) is 0 Å². The SMILES string of the molecule is Cc1cc(C)cc(Oc2ccc(CNC(C)C)c(C)n2)c1. The van der Waals surface area contributed by atoms with Crippen LogP contribution in [0.15, 0.2) is 30.3 Å². The molecule has 0 radical (unpaired) electrons. The monoisotopic (exact) mass is 284 g/mol. The van der Waals surface area contributed by atoms with Gasteiger partial charge in [0.05, 0.1) is 0 Å². The van der Waals surface area contributed by atoms with Crippen molar-refractivity contribution in [3.05, 3.63) is 52.7 Å². The molecule has 0 unspecified atom stereocenters. The fraction of sp³-hybridized carbons (Fsp3) is 0.389. The molecule has 2 rings (SSSR count). The first kappa shape index (κ1) is 15.5. The molecule has 1 N–H and O–H groups in total. The van der Waals surface area contributed by atoms with Gasteiger partial charge in [0.1, 0.15) is 5.75 Å². The standard InChI is InChI=1S/C18H24N2O/c1-12(2)19-11-16-6-7-18(20-15(16)5)21-17-9-13(3)8-14(4)10-17/h6-10,12,19H,11H2,1-5H3. The van der Waals surface area contributed by atoms with Gasteiger partial charge in [-0.1, -0.05) is 26.0 Å². The van der Waals surface area contributed by atoms with Crippen LogP contribution in [-0.4, -0.2) is 11.0 Å². The molecule has 3 heteroatoms. The van der Waals surface area contributed by atoms with E-state index < -0.39 is 0 Å². The van der Waals surface area contributed by atoms with Crippen LogP contribution < -0.4 is 10.1 Å². The van der Waals surface area contributed by atoms with E-state index in [-0.39, 0.29) is 0 Å². The molecule has 0 fully saturated rings. The molecule has 1 heterocycles. The number of rotatable bonds is 5. The number of nitrogens with one attached hydrogen (secondary N) is 1. The van der Waals surface area contributed by atoms with E-state index in [1.165, 1.54) is 16.7 Å². The summed E-state index contributed by atoms with van der Waals surface area (Å²) in [7, 11) is 0. The minimum atomic E-state index is 0.468. The second-order valence-corrected chi connectivity index (χ2v) is 5.86. The fourth-order valence-electron chi connectivity index (χ4n) is 2.24. The quantitative estimate of drug-likeness (QED) is 0.889. The van der Waals surface area contributed by atoms with Gasteiger partial charge in [-0.2, -0.15) is 0 Å². The molecule has 0 aliphatic rings. The Hall–Kier alpha value is -1.87. The lowest BCUT2D eigenvalue weighted by atomic mass is 10.1. The zero-order valence-electron chi connectivity index (χ0n) is 13.5. The highest BCUT2D eigenvalue weighted by Gasteiger charge is 2.05. The molecule has 0 bridgehead atoms. The maximum absolute atomic E-state index is 5.87. The van der Waals surface area contributed by atoms with Crippen LogP contribution in [0.3, 0.4) is 0 Å². The smallest absolute Gasteiger partial charge is 0.219 e. The molecule has 0 amide bonds. The first-order valence-electron chi connectivity index (χ1n) is 7.40. The molecule has 1 aromatic heterocycles. The van der Waals surface area contributed by atoms with E-state index in [0.29, 0.717) is 11.9 Å². The van der Waals surface area contributed by atoms with E-state index in [9.17, 15) is 0 Å². The van der Waals surface area contributed by atoms with E-state index in [4.69, 9.17) is 4.74 Å². The minimum Gasteiger partial charge on any atom is -0.439 e. The van der Waals surface area contributed by atoms with Crippen molar-refractivity contribution in [2.75, 3.05) is 0 Å². The van der Waals surface area contributed by atoms with Gasteiger partial charge in [0.15, 0.2) is 0 Å². The average molecular weight is 284 g/mol. The zero-order chi connectivity index (χ0) is 15.4. The third-order valence-corrected chi connectivity index (χ3v) is 3.29. The van der Waals surface area contributed by atoms with Crippen LogP contribution in [0.25, 0.3) is 0 Å². The summed E-state index contributed by atoms with van der Waals surface area (Å²) in [6.45, 7) is 11.3. The Morgan fingerprint density at radius 3 is 2.29 bits per heavy atom. The van der Waals surface area contributed by atoms with Gasteiger partial charge in [-0.25, -0.2) is 4.98 Å². The summed E-state index contributed by atoms with van der Waals surface area (Å²) in [5.41, 5.74) is 4.60. The van der Waals surface area contributed by atoms with E-state index in [1.54, 1.807) is 0 Å². The third kappa shape index (κ3) is 4.57. The molecule has 0 aliphatic heterocycles. The lowest BCUT2D eigenvalue weighted by Crippen LogP contribution is -2.22. The molecule has 112 valence electrons. The van der Waals surface area contributed by atoms with E-state index >= 15 is 0 Å². The van der Waals surface area contributed by atoms with Crippen molar-refractivity contribution in [1.29, 1.82) is 0 Å². The number of aromatic nitrogens is 1. The number of pyridine rings is 1. The lowest BCUT2D eigenvalue weighted by molar-refractivity contribution is 0.460. The summed E-state index contributed by atoms with van der Waals surface area (Å²) in [6.07, 6.45) is 0. The first-order chi connectivity index (χ1) is 9.94. The number of hydrogen-bond acceptors (Lipinski definition) is 3. The Bertz CT molecular complexity index is 600. The molecule has 0 saturated carbocycles. The molecule has 2 aromatic rings. The number of benzene rings is 1. The number of hydrogen-bond donors (Lipinski definition) is 1. The Kier molecular flexibility index (Phi) is 4.97. The summed E-state index contributed by atoms with van der Waals surface area (Å²) >= 11 is 0. The summed E-state index contributed by atoms with van der Waals surface area (Å²) in [5, 5.41) is 3.41. The molecular weight excluding hydrogens is 260 g/mol. The third-order valence-electron chi connectivity index (χ3n) is 3.29. The Morgan fingerprint density at radius 2 is 1.71 bits per heavy atom. The molecule has 0 aliphatic carbocycles. The van der Waals surface area contributed by atoms with E-state index in [2.05, 4.69) is 50.1 Å². The predicted molar refractivity (Wildman–Crippen MR) is 86.9 cm³/mol. The van der Waals surface area contributed by atoms with Gasteiger partial charge in [-0.05, 0) is 49.6 Å². The van der Waals surface area contributed by atoms with Crippen molar-refractivity contribution in [2.45, 2.75) is 47.2 Å². The van der Waals surface area contributed by atoms with Crippen molar-refractivity contribution in [3.8, 4) is 11.6 Å². The molecule has 0 spiro atoms. The number of ether oxygens (including phenoxy) is 1. The van der Waals surface area contributed by atoms with Crippen LogP contribution >= 0.6 is 0 Å². The van der Waals surface area contributed by atoms with Gasteiger partial charge in [-0.15, -0.1) is 0 Å². The Balaban J connectivity index is 2.12. The summed E-state index contributed by atoms with van der Waals surface area (Å²) in [6, 6.07) is 10.7. The van der Waals surface area contributed by atoms with Crippen molar-refractivity contribution in [1.82, 2.24) is 10.3 Å². The Morgan fingerprint density at radius 1 is 1.05 bits per heavy atom. The zero-order valence-corrected chi connectivity index (χ0v) is 13.5. The van der Waals surface area contributed by atoms with Crippen LogP contribution in [0.5, 0.6) is 11.6 Å². The van der Waals surface area contributed by atoms with E-state index in [1.807, 2.05) is 25.1 Å². The normalized spacial score (nSPS) is 11.0. The van der Waals surface area contributed by atoms with Gasteiger partial charge in [0.25, 0.3) is 0 Å². The summed E-state index contributed by atoms with van der Waals surface area (Å²) < 4.78 is 5.87. The number of nitrogens with zero attached hydrogens (tertiary/aromatic N) is 1. The van der Waals surface area contributed by atoms with Gasteiger partial charge < -0.3 is 10.1 Å². The number of aryl methyl sites for hydroxylation is 3. The van der Waals surface area contributed by atoms with Crippen molar-refractivity contribution < 1.29 is 4.74 Å². The lowest BCUT2D eigenvalue weighted by Gasteiger charge is -2.12. The van der Waals surface area contributed by atoms with Crippen molar-refractivity contribution in [3.63, 3.8) is 0 Å². The predicted octanol–water partition coefficient (Wildman–Crippen LogP) is 4.30. The summed E-state index contributed by atoms with van der Waals surface area (Å²) in [4.78, 5) is 4.54. The van der Waals surface area contributed by atoms with Crippen LogP contribution in [0.1, 0.15) is 36.2 Å².